The van der Waals surface area contributed by atoms with Crippen LogP contribution in [0.4, 0.5) is 10.8 Å². The fourth-order valence-corrected chi connectivity index (χ4v) is 2.96. The highest BCUT2D eigenvalue weighted by atomic mass is 32.2. The van der Waals surface area contributed by atoms with Crippen molar-refractivity contribution in [1.29, 1.82) is 0 Å². The van der Waals surface area contributed by atoms with Gasteiger partial charge in [-0.05, 0) is 17.7 Å². The van der Waals surface area contributed by atoms with Crippen LogP contribution in [-0.2, 0) is 16.1 Å². The van der Waals surface area contributed by atoms with Crippen molar-refractivity contribution in [2.24, 2.45) is 0 Å². The molecule has 2 aromatic rings. The Hall–Kier alpha value is -1.64. The number of thioether (sulfide) groups is 1. The van der Waals surface area contributed by atoms with E-state index in [1.807, 2.05) is 24.3 Å². The number of aromatic nitrogens is 2. The van der Waals surface area contributed by atoms with Crippen molar-refractivity contribution in [3.05, 3.63) is 29.8 Å². The topological polar surface area (TPSA) is 84.3 Å². The maximum absolute atomic E-state index is 10.5. The first-order chi connectivity index (χ1) is 9.67. The zero-order chi connectivity index (χ0) is 14.4. The summed E-state index contributed by atoms with van der Waals surface area (Å²) in [6.07, 6.45) is 0. The number of ether oxygens (including phenoxy) is 1. The Bertz CT molecular complexity index is 589. The van der Waals surface area contributed by atoms with Gasteiger partial charge in [-0.2, -0.15) is 0 Å². The van der Waals surface area contributed by atoms with Gasteiger partial charge in [-0.15, -0.1) is 10.2 Å². The minimum Gasteiger partial charge on any atom is -0.481 e. The molecular weight excluding hydrogens is 298 g/mol. The number of carbonyl (C=O) groups is 1. The summed E-state index contributed by atoms with van der Waals surface area (Å²) in [5.74, 6) is -0.884. The summed E-state index contributed by atoms with van der Waals surface area (Å²) < 4.78 is 5.71. The Balaban J connectivity index is 1.99. The molecule has 6 nitrogen and oxygen atoms in total. The highest BCUT2D eigenvalue weighted by Crippen LogP contribution is 2.27. The van der Waals surface area contributed by atoms with Crippen LogP contribution in [0, 0.1) is 0 Å². The molecule has 0 radical (unpaired) electrons. The number of rotatable bonds is 7. The van der Waals surface area contributed by atoms with Crippen molar-refractivity contribution >= 4 is 39.9 Å². The van der Waals surface area contributed by atoms with Gasteiger partial charge in [0.1, 0.15) is 0 Å². The van der Waals surface area contributed by atoms with E-state index < -0.39 is 5.97 Å². The van der Waals surface area contributed by atoms with E-state index in [9.17, 15) is 4.79 Å². The lowest BCUT2D eigenvalue weighted by Gasteiger charge is -2.04. The van der Waals surface area contributed by atoms with Crippen LogP contribution in [0.15, 0.2) is 28.6 Å². The third kappa shape index (κ3) is 4.48. The summed E-state index contributed by atoms with van der Waals surface area (Å²) in [6, 6.07) is 7.79. The first-order valence-electron chi connectivity index (χ1n) is 5.70. The number of carboxylic acid groups (broad SMARTS) is 1. The molecule has 0 aliphatic carbocycles. The number of aliphatic carboxylic acids is 1. The minimum absolute atomic E-state index is 0.0159. The summed E-state index contributed by atoms with van der Waals surface area (Å²) in [5.41, 5.74) is 1.95. The summed E-state index contributed by atoms with van der Waals surface area (Å²) >= 11 is 2.48. The molecule has 0 fully saturated rings. The van der Waals surface area contributed by atoms with Gasteiger partial charge in [0.15, 0.2) is 4.34 Å². The SMILES string of the molecule is COCc1cccc(Nc2nnc(SCC(=O)O)s2)c1. The van der Waals surface area contributed by atoms with Gasteiger partial charge >= 0.3 is 5.97 Å². The van der Waals surface area contributed by atoms with Crippen molar-refractivity contribution in [2.75, 3.05) is 18.2 Å². The number of benzene rings is 1. The van der Waals surface area contributed by atoms with Gasteiger partial charge in [-0.1, -0.05) is 35.2 Å². The Morgan fingerprint density at radius 2 is 2.35 bits per heavy atom. The molecule has 8 heteroatoms. The van der Waals surface area contributed by atoms with Crippen LogP contribution < -0.4 is 5.32 Å². The smallest absolute Gasteiger partial charge is 0.313 e. The molecule has 0 aliphatic heterocycles. The lowest BCUT2D eigenvalue weighted by atomic mass is 10.2. The van der Waals surface area contributed by atoms with Crippen LogP contribution in [0.1, 0.15) is 5.56 Å². The molecule has 0 unspecified atom stereocenters. The Morgan fingerprint density at radius 1 is 1.50 bits per heavy atom. The van der Waals surface area contributed by atoms with E-state index in [0.717, 1.165) is 23.0 Å². The molecule has 106 valence electrons. The molecular formula is C12H13N3O3S2. The monoisotopic (exact) mass is 311 g/mol. The van der Waals surface area contributed by atoms with Crippen molar-refractivity contribution < 1.29 is 14.6 Å². The molecule has 0 amide bonds. The molecule has 2 rings (SSSR count). The number of methoxy groups -OCH3 is 1. The van der Waals surface area contributed by atoms with E-state index in [-0.39, 0.29) is 5.75 Å². The first-order valence-corrected chi connectivity index (χ1v) is 7.50. The number of anilines is 2. The largest absolute Gasteiger partial charge is 0.481 e. The molecule has 2 N–H and O–H groups in total. The van der Waals surface area contributed by atoms with E-state index >= 15 is 0 Å². The standard InChI is InChI=1S/C12H13N3O3S2/c1-18-6-8-3-2-4-9(5-8)13-11-14-15-12(20-11)19-7-10(16)17/h2-5H,6-7H2,1H3,(H,13,14)(H,16,17). The van der Waals surface area contributed by atoms with Crippen molar-refractivity contribution in [3.8, 4) is 0 Å². The van der Waals surface area contributed by atoms with Gasteiger partial charge < -0.3 is 15.2 Å². The molecule has 0 aliphatic rings. The number of nitrogens with zero attached hydrogens (tertiary/aromatic N) is 2. The van der Waals surface area contributed by atoms with Crippen molar-refractivity contribution in [3.63, 3.8) is 0 Å². The second-order valence-electron chi connectivity index (χ2n) is 3.81. The van der Waals surface area contributed by atoms with Crippen molar-refractivity contribution in [1.82, 2.24) is 10.2 Å². The molecule has 0 saturated heterocycles. The fraction of sp³-hybridized carbons (Fsp3) is 0.250. The average Bonchev–Trinajstić information content (AvgIpc) is 2.85. The van der Waals surface area contributed by atoms with Gasteiger partial charge in [0.2, 0.25) is 5.13 Å². The highest BCUT2D eigenvalue weighted by molar-refractivity contribution is 8.01. The van der Waals surface area contributed by atoms with Gasteiger partial charge in [0.05, 0.1) is 12.4 Å². The first kappa shape index (κ1) is 14.8. The summed E-state index contributed by atoms with van der Waals surface area (Å²) in [4.78, 5) is 10.5. The maximum Gasteiger partial charge on any atom is 0.313 e. The van der Waals surface area contributed by atoms with Crippen LogP contribution in [0.2, 0.25) is 0 Å². The van der Waals surface area contributed by atoms with Gasteiger partial charge in [-0.25, -0.2) is 0 Å². The lowest BCUT2D eigenvalue weighted by Crippen LogP contribution is -1.96. The second kappa shape index (κ2) is 7.22. The van der Waals surface area contributed by atoms with E-state index in [2.05, 4.69) is 15.5 Å². The molecule has 1 aromatic carbocycles. The third-order valence-electron chi connectivity index (χ3n) is 2.21. The molecule has 0 saturated carbocycles. The predicted molar refractivity (Wildman–Crippen MR) is 78.7 cm³/mol. The Labute approximate surface area is 124 Å². The van der Waals surface area contributed by atoms with Gasteiger partial charge in [-0.3, -0.25) is 4.79 Å². The lowest BCUT2D eigenvalue weighted by molar-refractivity contribution is -0.133. The fourth-order valence-electron chi connectivity index (χ4n) is 1.47. The Morgan fingerprint density at radius 3 is 3.10 bits per heavy atom. The zero-order valence-corrected chi connectivity index (χ0v) is 12.3. The molecule has 0 atom stereocenters. The van der Waals surface area contributed by atoms with Crippen LogP contribution in [-0.4, -0.2) is 34.1 Å². The van der Waals surface area contributed by atoms with Crippen LogP contribution in [0.3, 0.4) is 0 Å². The van der Waals surface area contributed by atoms with E-state index in [0.29, 0.717) is 16.1 Å². The number of nitrogens with one attached hydrogen (secondary N) is 1. The summed E-state index contributed by atoms with van der Waals surface area (Å²) in [5, 5.41) is 20.3. The normalized spacial score (nSPS) is 10.4. The van der Waals surface area contributed by atoms with E-state index in [4.69, 9.17) is 9.84 Å². The quantitative estimate of drug-likeness (QED) is 0.760. The second-order valence-corrected chi connectivity index (χ2v) is 6.01. The number of hydrogen-bond donors (Lipinski definition) is 2. The van der Waals surface area contributed by atoms with Gasteiger partial charge in [0, 0.05) is 12.8 Å². The molecule has 20 heavy (non-hydrogen) atoms. The van der Waals surface area contributed by atoms with E-state index in [1.54, 1.807) is 7.11 Å². The van der Waals surface area contributed by atoms with Crippen LogP contribution in [0.5, 0.6) is 0 Å². The zero-order valence-electron chi connectivity index (χ0n) is 10.7. The number of hydrogen-bond acceptors (Lipinski definition) is 7. The molecule has 0 bridgehead atoms. The van der Waals surface area contributed by atoms with Crippen LogP contribution in [0.25, 0.3) is 0 Å². The summed E-state index contributed by atoms with van der Waals surface area (Å²) in [6.45, 7) is 0.547. The minimum atomic E-state index is -0.869. The maximum atomic E-state index is 10.5. The number of carboxylic acids is 1. The predicted octanol–water partition coefficient (Wildman–Crippen LogP) is 2.60. The average molecular weight is 311 g/mol. The highest BCUT2D eigenvalue weighted by Gasteiger charge is 2.07. The van der Waals surface area contributed by atoms with Gasteiger partial charge in [0.25, 0.3) is 0 Å². The molecule has 0 spiro atoms. The third-order valence-corrected chi connectivity index (χ3v) is 4.17. The Kier molecular flexibility index (Phi) is 5.33. The van der Waals surface area contributed by atoms with Crippen molar-refractivity contribution in [2.45, 2.75) is 10.9 Å². The summed E-state index contributed by atoms with van der Waals surface area (Å²) in [7, 11) is 1.65. The molecule has 1 heterocycles. The van der Waals surface area contributed by atoms with E-state index in [1.165, 1.54) is 11.3 Å². The molecule has 1 aromatic heterocycles. The van der Waals surface area contributed by atoms with Crippen LogP contribution >= 0.6 is 23.1 Å².